The Morgan fingerprint density at radius 3 is 3.04 bits per heavy atom. The van der Waals surface area contributed by atoms with Gasteiger partial charge in [-0.25, -0.2) is 0 Å². The van der Waals surface area contributed by atoms with Crippen LogP contribution in [0.4, 0.5) is 0 Å². The van der Waals surface area contributed by atoms with Crippen molar-refractivity contribution in [2.75, 3.05) is 26.2 Å². The number of amides is 1. The first-order valence-electron chi connectivity index (χ1n) is 7.99. The van der Waals surface area contributed by atoms with Gasteiger partial charge in [-0.15, -0.1) is 12.4 Å². The predicted molar refractivity (Wildman–Crippen MR) is 99.5 cm³/mol. The monoisotopic (exact) mass is 384 g/mol. The summed E-state index contributed by atoms with van der Waals surface area (Å²) < 4.78 is 7.35. The van der Waals surface area contributed by atoms with Crippen molar-refractivity contribution < 1.29 is 9.53 Å². The lowest BCUT2D eigenvalue weighted by atomic mass is 9.90. The maximum Gasteiger partial charge on any atom is 0.225 e. The number of carbonyl (C=O) groups is 1. The Bertz CT molecular complexity index is 707. The van der Waals surface area contributed by atoms with Crippen molar-refractivity contribution in [1.29, 1.82) is 0 Å². The third kappa shape index (κ3) is 5.11. The van der Waals surface area contributed by atoms with Crippen LogP contribution in [-0.2, 0) is 11.8 Å². The highest BCUT2D eigenvalue weighted by molar-refractivity contribution is 6.30. The molecule has 0 radical (unpaired) electrons. The van der Waals surface area contributed by atoms with Crippen LogP contribution in [0.3, 0.4) is 0 Å². The van der Waals surface area contributed by atoms with E-state index in [1.54, 1.807) is 16.8 Å². The van der Waals surface area contributed by atoms with Crippen LogP contribution in [0.5, 0.6) is 5.75 Å². The Morgan fingerprint density at radius 1 is 1.48 bits per heavy atom. The Morgan fingerprint density at radius 2 is 2.32 bits per heavy atom. The summed E-state index contributed by atoms with van der Waals surface area (Å²) in [4.78, 5) is 12.4. The van der Waals surface area contributed by atoms with E-state index in [2.05, 4.69) is 15.7 Å². The Kier molecular flexibility index (Phi) is 7.11. The highest BCUT2D eigenvalue weighted by atomic mass is 35.5. The van der Waals surface area contributed by atoms with Gasteiger partial charge in [0, 0.05) is 37.3 Å². The minimum Gasteiger partial charge on any atom is -0.492 e. The molecule has 1 aliphatic heterocycles. The molecule has 0 saturated carbocycles. The van der Waals surface area contributed by atoms with Gasteiger partial charge in [0.2, 0.25) is 5.91 Å². The minimum atomic E-state index is -0.0830. The van der Waals surface area contributed by atoms with E-state index < -0.39 is 0 Å². The normalized spacial score (nSPS) is 19.3. The smallest absolute Gasteiger partial charge is 0.225 e. The summed E-state index contributed by atoms with van der Waals surface area (Å²) in [6.07, 6.45) is 3.81. The molecular formula is C17H22Cl2N4O2. The molecule has 1 aliphatic rings. The van der Waals surface area contributed by atoms with Gasteiger partial charge in [0.25, 0.3) is 0 Å². The topological polar surface area (TPSA) is 68.2 Å². The molecule has 2 N–H and O–H groups in total. The second kappa shape index (κ2) is 9.08. The second-order valence-electron chi connectivity index (χ2n) is 5.92. The number of rotatable bonds is 6. The van der Waals surface area contributed by atoms with Gasteiger partial charge >= 0.3 is 0 Å². The molecule has 1 aromatic carbocycles. The van der Waals surface area contributed by atoms with Crippen LogP contribution in [0.1, 0.15) is 11.5 Å². The standard InChI is InChI=1S/C17H21ClN4O2.ClH/c1-22-11-12(8-21-22)15-9-19-10-16(15)17(23)20-5-6-24-14-4-2-3-13(18)7-14;/h2-4,7-8,11,15-16,19H,5-6,9-10H2,1H3,(H,20,23);1H/t15-,16+;/m1./s1. The number of ether oxygens (including phenoxy) is 1. The van der Waals surface area contributed by atoms with E-state index in [9.17, 15) is 4.79 Å². The number of benzene rings is 1. The van der Waals surface area contributed by atoms with Gasteiger partial charge in [-0.1, -0.05) is 17.7 Å². The van der Waals surface area contributed by atoms with E-state index in [1.807, 2.05) is 31.6 Å². The quantitative estimate of drug-likeness (QED) is 0.747. The number of aromatic nitrogens is 2. The van der Waals surface area contributed by atoms with Gasteiger partial charge in [0.15, 0.2) is 0 Å². The fraction of sp³-hybridized carbons (Fsp3) is 0.412. The van der Waals surface area contributed by atoms with Crippen molar-refractivity contribution in [3.8, 4) is 5.75 Å². The lowest BCUT2D eigenvalue weighted by molar-refractivity contribution is -0.124. The molecule has 3 rings (SSSR count). The first-order valence-corrected chi connectivity index (χ1v) is 8.36. The zero-order valence-electron chi connectivity index (χ0n) is 13.9. The number of nitrogens with one attached hydrogen (secondary N) is 2. The van der Waals surface area contributed by atoms with Crippen LogP contribution in [0.2, 0.25) is 5.02 Å². The van der Waals surface area contributed by atoms with Crippen molar-refractivity contribution in [3.63, 3.8) is 0 Å². The van der Waals surface area contributed by atoms with Gasteiger partial charge < -0.3 is 15.4 Å². The zero-order chi connectivity index (χ0) is 16.9. The molecule has 0 aliphatic carbocycles. The molecule has 6 nitrogen and oxygen atoms in total. The van der Waals surface area contributed by atoms with E-state index >= 15 is 0 Å². The van der Waals surface area contributed by atoms with Gasteiger partial charge in [0.05, 0.1) is 18.7 Å². The van der Waals surface area contributed by atoms with E-state index in [0.717, 1.165) is 12.1 Å². The van der Waals surface area contributed by atoms with Gasteiger partial charge in [-0.3, -0.25) is 9.48 Å². The summed E-state index contributed by atoms with van der Waals surface area (Å²) in [5, 5.41) is 11.1. The number of carbonyl (C=O) groups excluding carboxylic acids is 1. The molecule has 2 aromatic rings. The van der Waals surface area contributed by atoms with Crippen LogP contribution >= 0.6 is 24.0 Å². The molecule has 1 amide bonds. The maximum atomic E-state index is 12.4. The maximum absolute atomic E-state index is 12.4. The fourth-order valence-corrected chi connectivity index (χ4v) is 3.15. The summed E-state index contributed by atoms with van der Waals surface area (Å²) in [6.45, 7) is 2.34. The van der Waals surface area contributed by atoms with E-state index in [4.69, 9.17) is 16.3 Å². The molecule has 8 heteroatoms. The van der Waals surface area contributed by atoms with Crippen molar-refractivity contribution in [1.82, 2.24) is 20.4 Å². The number of hydrogen-bond acceptors (Lipinski definition) is 4. The molecule has 0 bridgehead atoms. The van der Waals surface area contributed by atoms with Crippen molar-refractivity contribution in [2.45, 2.75) is 5.92 Å². The van der Waals surface area contributed by atoms with E-state index in [1.165, 1.54) is 0 Å². The second-order valence-corrected chi connectivity index (χ2v) is 6.35. The Balaban J connectivity index is 0.00000225. The number of halogens is 2. The Hall–Kier alpha value is -1.76. The van der Waals surface area contributed by atoms with Crippen LogP contribution in [0.25, 0.3) is 0 Å². The summed E-state index contributed by atoms with van der Waals surface area (Å²) in [5.41, 5.74) is 1.10. The lowest BCUT2D eigenvalue weighted by Gasteiger charge is -2.17. The van der Waals surface area contributed by atoms with Gasteiger partial charge in [-0.05, 0) is 23.8 Å². The van der Waals surface area contributed by atoms with E-state index in [0.29, 0.717) is 30.5 Å². The molecule has 0 unspecified atom stereocenters. The number of nitrogens with zero attached hydrogens (tertiary/aromatic N) is 2. The molecule has 25 heavy (non-hydrogen) atoms. The molecule has 0 spiro atoms. The summed E-state index contributed by atoms with van der Waals surface area (Å²) >= 11 is 5.91. The summed E-state index contributed by atoms with van der Waals surface area (Å²) in [6, 6.07) is 7.22. The highest BCUT2D eigenvalue weighted by Crippen LogP contribution is 2.27. The Labute approximate surface area is 158 Å². The third-order valence-corrected chi connectivity index (χ3v) is 4.41. The molecule has 1 fully saturated rings. The van der Waals surface area contributed by atoms with E-state index in [-0.39, 0.29) is 30.2 Å². The van der Waals surface area contributed by atoms with Crippen LogP contribution in [0, 0.1) is 5.92 Å². The first-order chi connectivity index (χ1) is 11.6. The molecule has 2 heterocycles. The molecule has 2 atom stereocenters. The number of aryl methyl sites for hydroxylation is 1. The van der Waals surface area contributed by atoms with Crippen molar-refractivity contribution >= 4 is 29.9 Å². The molecule has 1 saturated heterocycles. The van der Waals surface area contributed by atoms with Crippen LogP contribution < -0.4 is 15.4 Å². The van der Waals surface area contributed by atoms with Crippen molar-refractivity contribution in [2.24, 2.45) is 13.0 Å². The average molecular weight is 385 g/mol. The largest absolute Gasteiger partial charge is 0.492 e. The van der Waals surface area contributed by atoms with Crippen LogP contribution in [0.15, 0.2) is 36.7 Å². The number of hydrogen-bond donors (Lipinski definition) is 2. The molecule has 136 valence electrons. The SMILES string of the molecule is Cl.Cn1cc([C@H]2CNC[C@@H]2C(=O)NCCOc2cccc(Cl)c2)cn1. The fourth-order valence-electron chi connectivity index (χ4n) is 2.97. The predicted octanol–water partition coefficient (Wildman–Crippen LogP) is 1.99. The zero-order valence-corrected chi connectivity index (χ0v) is 15.5. The molecular weight excluding hydrogens is 363 g/mol. The lowest BCUT2D eigenvalue weighted by Crippen LogP contribution is -2.36. The van der Waals surface area contributed by atoms with Gasteiger partial charge in [0.1, 0.15) is 12.4 Å². The van der Waals surface area contributed by atoms with Crippen LogP contribution in [-0.4, -0.2) is 41.9 Å². The minimum absolute atomic E-state index is 0. The summed E-state index contributed by atoms with van der Waals surface area (Å²) in [5.74, 6) is 0.823. The first kappa shape index (κ1) is 19.6. The van der Waals surface area contributed by atoms with Gasteiger partial charge in [-0.2, -0.15) is 5.10 Å². The highest BCUT2D eigenvalue weighted by Gasteiger charge is 2.34. The third-order valence-electron chi connectivity index (χ3n) is 4.17. The van der Waals surface area contributed by atoms with Crippen molar-refractivity contribution in [3.05, 3.63) is 47.2 Å². The average Bonchev–Trinajstić information content (AvgIpc) is 3.20. The molecule has 1 aromatic heterocycles. The summed E-state index contributed by atoms with van der Waals surface area (Å²) in [7, 11) is 1.88.